The number of ether oxygens (including phenoxy) is 1. The summed E-state index contributed by atoms with van der Waals surface area (Å²) in [6.07, 6.45) is -0.689. The monoisotopic (exact) mass is 262 g/mol. The van der Waals surface area contributed by atoms with Crippen molar-refractivity contribution < 1.29 is 22.3 Å². The summed E-state index contributed by atoms with van der Waals surface area (Å²) in [6.45, 7) is 0.723. The first-order chi connectivity index (χ1) is 8.28. The summed E-state index contributed by atoms with van der Waals surface area (Å²) >= 11 is 0. The first-order valence-electron chi connectivity index (χ1n) is 5.73. The van der Waals surface area contributed by atoms with E-state index in [4.69, 9.17) is 0 Å². The van der Waals surface area contributed by atoms with Crippen LogP contribution in [0, 0.1) is 0 Å². The number of hydrogen-bond acceptors (Lipinski definition) is 1. The second kappa shape index (κ2) is 4.23. The molecule has 1 aliphatic carbocycles. The van der Waals surface area contributed by atoms with Crippen LogP contribution in [0.1, 0.15) is 37.3 Å². The van der Waals surface area contributed by atoms with Crippen molar-refractivity contribution in [1.82, 2.24) is 0 Å². The van der Waals surface area contributed by atoms with Gasteiger partial charge in [-0.25, -0.2) is 8.78 Å². The summed E-state index contributed by atoms with van der Waals surface area (Å²) in [4.78, 5) is 0. The van der Waals surface area contributed by atoms with Crippen molar-refractivity contribution in [3.63, 3.8) is 0 Å². The fourth-order valence-electron chi connectivity index (χ4n) is 2.07. The molecule has 100 valence electrons. The molecule has 0 N–H and O–H groups in total. The van der Waals surface area contributed by atoms with Crippen molar-refractivity contribution in [3.8, 4) is 0 Å². The van der Waals surface area contributed by atoms with E-state index < -0.39 is 24.6 Å². The first kappa shape index (κ1) is 13.3. The van der Waals surface area contributed by atoms with Crippen molar-refractivity contribution >= 4 is 0 Å². The first-order valence-corrected chi connectivity index (χ1v) is 5.73. The number of rotatable bonds is 4. The van der Waals surface area contributed by atoms with Crippen LogP contribution in [0.15, 0.2) is 24.3 Å². The second-order valence-electron chi connectivity index (χ2n) is 4.86. The minimum absolute atomic E-state index is 0.109. The van der Waals surface area contributed by atoms with Gasteiger partial charge < -0.3 is 4.74 Å². The van der Waals surface area contributed by atoms with E-state index in [-0.39, 0.29) is 11.5 Å². The standard InChI is InChI=1S/C13H14F4O/c1-8(2)9-3-5-10(6-4-9)12(18-11(14)15)7-13(12,16)17/h3-6,8,11H,7H2,1-2H3. The minimum Gasteiger partial charge on any atom is -0.305 e. The summed E-state index contributed by atoms with van der Waals surface area (Å²) in [5.41, 5.74) is -1.07. The predicted molar refractivity (Wildman–Crippen MR) is 58.9 cm³/mol. The Balaban J connectivity index is 2.28. The van der Waals surface area contributed by atoms with Crippen molar-refractivity contribution in [1.29, 1.82) is 0 Å². The fourth-order valence-corrected chi connectivity index (χ4v) is 2.07. The van der Waals surface area contributed by atoms with Gasteiger partial charge in [-0.05, 0) is 17.0 Å². The van der Waals surface area contributed by atoms with Crippen LogP contribution < -0.4 is 0 Å². The van der Waals surface area contributed by atoms with Crippen LogP contribution in [0.4, 0.5) is 17.6 Å². The maximum atomic E-state index is 13.3. The van der Waals surface area contributed by atoms with Gasteiger partial charge in [0.1, 0.15) is 0 Å². The molecule has 1 aromatic carbocycles. The number of hydrogen-bond donors (Lipinski definition) is 0. The summed E-state index contributed by atoms with van der Waals surface area (Å²) in [7, 11) is 0. The maximum absolute atomic E-state index is 13.3. The normalized spacial score (nSPS) is 25.8. The van der Waals surface area contributed by atoms with Crippen LogP contribution in [0.5, 0.6) is 0 Å². The van der Waals surface area contributed by atoms with Gasteiger partial charge in [-0.15, -0.1) is 0 Å². The molecule has 1 saturated carbocycles. The SMILES string of the molecule is CC(C)c1ccc(C2(OC(F)F)CC2(F)F)cc1. The molecule has 0 bridgehead atoms. The Hall–Kier alpha value is -1.10. The Bertz CT molecular complexity index is 427. The lowest BCUT2D eigenvalue weighted by Gasteiger charge is -2.18. The van der Waals surface area contributed by atoms with Gasteiger partial charge in [0.2, 0.25) is 0 Å². The third-order valence-corrected chi connectivity index (χ3v) is 3.27. The Morgan fingerprint density at radius 3 is 1.94 bits per heavy atom. The molecule has 1 nitrogen and oxygen atoms in total. The molecule has 1 atom stereocenters. The molecule has 0 aromatic heterocycles. The molecule has 1 unspecified atom stereocenters. The zero-order valence-corrected chi connectivity index (χ0v) is 10.1. The lowest BCUT2D eigenvalue weighted by Crippen LogP contribution is -2.23. The van der Waals surface area contributed by atoms with Gasteiger partial charge in [0.05, 0.1) is 6.42 Å². The van der Waals surface area contributed by atoms with Crippen molar-refractivity contribution in [2.75, 3.05) is 0 Å². The highest BCUT2D eigenvalue weighted by atomic mass is 19.3. The summed E-state index contributed by atoms with van der Waals surface area (Å²) in [5.74, 6) is -2.96. The summed E-state index contributed by atoms with van der Waals surface area (Å²) in [5, 5.41) is 0. The molecule has 0 spiro atoms. The van der Waals surface area contributed by atoms with E-state index in [0.717, 1.165) is 5.56 Å². The highest BCUT2D eigenvalue weighted by molar-refractivity contribution is 5.36. The van der Waals surface area contributed by atoms with Gasteiger partial charge in [0.15, 0.2) is 5.60 Å². The molecule has 0 amide bonds. The Morgan fingerprint density at radius 2 is 1.61 bits per heavy atom. The van der Waals surface area contributed by atoms with E-state index in [2.05, 4.69) is 4.74 Å². The Morgan fingerprint density at radius 1 is 1.11 bits per heavy atom. The number of halogens is 4. The third kappa shape index (κ3) is 2.11. The molecule has 1 aromatic rings. The quantitative estimate of drug-likeness (QED) is 0.736. The number of benzene rings is 1. The van der Waals surface area contributed by atoms with Gasteiger partial charge >= 0.3 is 6.61 Å². The molecule has 2 rings (SSSR count). The van der Waals surface area contributed by atoms with E-state index in [1.54, 1.807) is 12.1 Å². The highest BCUT2D eigenvalue weighted by Gasteiger charge is 2.74. The molecule has 5 heteroatoms. The maximum Gasteiger partial charge on any atom is 0.346 e. The van der Waals surface area contributed by atoms with E-state index in [0.29, 0.717) is 0 Å². The average Bonchev–Trinajstić information content (AvgIpc) is 2.80. The van der Waals surface area contributed by atoms with Gasteiger partial charge in [0.25, 0.3) is 5.92 Å². The van der Waals surface area contributed by atoms with E-state index in [1.165, 1.54) is 12.1 Å². The van der Waals surface area contributed by atoms with Gasteiger partial charge in [-0.1, -0.05) is 38.1 Å². The molecule has 1 aliphatic rings. The summed E-state index contributed by atoms with van der Waals surface area (Å²) < 4.78 is 55.3. The number of alkyl halides is 4. The average molecular weight is 262 g/mol. The molecule has 0 saturated heterocycles. The minimum atomic E-state index is -3.22. The van der Waals surface area contributed by atoms with E-state index in [9.17, 15) is 17.6 Å². The second-order valence-corrected chi connectivity index (χ2v) is 4.86. The largest absolute Gasteiger partial charge is 0.346 e. The molecule has 0 radical (unpaired) electrons. The van der Waals surface area contributed by atoms with Crippen molar-refractivity contribution in [2.45, 2.75) is 44.3 Å². The van der Waals surface area contributed by atoms with Crippen molar-refractivity contribution in [2.24, 2.45) is 0 Å². The van der Waals surface area contributed by atoms with Crippen LogP contribution in [-0.4, -0.2) is 12.5 Å². The zero-order chi connectivity index (χ0) is 13.6. The van der Waals surface area contributed by atoms with E-state index in [1.807, 2.05) is 13.8 Å². The molecule has 0 heterocycles. The van der Waals surface area contributed by atoms with Crippen LogP contribution in [-0.2, 0) is 10.3 Å². The van der Waals surface area contributed by atoms with Crippen LogP contribution in [0.25, 0.3) is 0 Å². The smallest absolute Gasteiger partial charge is 0.305 e. The lowest BCUT2D eigenvalue weighted by atomic mass is 9.99. The highest BCUT2D eigenvalue weighted by Crippen LogP contribution is 2.62. The topological polar surface area (TPSA) is 9.23 Å². The van der Waals surface area contributed by atoms with Crippen LogP contribution >= 0.6 is 0 Å². The van der Waals surface area contributed by atoms with Gasteiger partial charge in [0, 0.05) is 0 Å². The van der Waals surface area contributed by atoms with Crippen LogP contribution in [0.2, 0.25) is 0 Å². The lowest BCUT2D eigenvalue weighted by molar-refractivity contribution is -0.203. The molecular formula is C13H14F4O. The third-order valence-electron chi connectivity index (χ3n) is 3.27. The van der Waals surface area contributed by atoms with E-state index >= 15 is 0 Å². The Labute approximate surface area is 103 Å². The van der Waals surface area contributed by atoms with Crippen molar-refractivity contribution in [3.05, 3.63) is 35.4 Å². The molecular weight excluding hydrogens is 248 g/mol. The zero-order valence-electron chi connectivity index (χ0n) is 10.1. The van der Waals surface area contributed by atoms with Crippen LogP contribution in [0.3, 0.4) is 0 Å². The summed E-state index contributed by atoms with van der Waals surface area (Å²) in [6, 6.07) is 6.23. The predicted octanol–water partition coefficient (Wildman–Crippen LogP) is 4.28. The van der Waals surface area contributed by atoms with Gasteiger partial charge in [-0.2, -0.15) is 8.78 Å². The molecule has 18 heavy (non-hydrogen) atoms. The van der Waals surface area contributed by atoms with Gasteiger partial charge in [-0.3, -0.25) is 0 Å². The molecule has 1 fully saturated rings. The Kier molecular flexibility index (Phi) is 3.13. The molecule has 0 aliphatic heterocycles. The fraction of sp³-hybridized carbons (Fsp3) is 0.538.